The quantitative estimate of drug-likeness (QED) is 0.826. The van der Waals surface area contributed by atoms with Gasteiger partial charge in [-0.05, 0) is 42.8 Å². The summed E-state index contributed by atoms with van der Waals surface area (Å²) in [6, 6.07) is 14.2. The van der Waals surface area contributed by atoms with E-state index < -0.39 is 0 Å². The molecule has 0 saturated carbocycles. The first-order valence-corrected chi connectivity index (χ1v) is 6.56. The summed E-state index contributed by atoms with van der Waals surface area (Å²) in [6.07, 6.45) is 0. The molecular weight excluding hydrogens is 282 g/mol. The SMILES string of the molecule is Cc1cccc(N)c1Sc1ccc(Br)cc1. The summed E-state index contributed by atoms with van der Waals surface area (Å²) in [6.45, 7) is 2.08. The molecule has 0 aliphatic carbocycles. The van der Waals surface area contributed by atoms with Crippen molar-refractivity contribution in [1.29, 1.82) is 0 Å². The van der Waals surface area contributed by atoms with E-state index in [1.807, 2.05) is 24.3 Å². The molecule has 0 unspecified atom stereocenters. The molecule has 0 amide bonds. The van der Waals surface area contributed by atoms with Crippen molar-refractivity contribution >= 4 is 33.4 Å². The van der Waals surface area contributed by atoms with Crippen molar-refractivity contribution in [2.75, 3.05) is 5.73 Å². The van der Waals surface area contributed by atoms with E-state index in [1.54, 1.807) is 11.8 Å². The Kier molecular flexibility index (Phi) is 3.56. The number of hydrogen-bond acceptors (Lipinski definition) is 2. The van der Waals surface area contributed by atoms with Crippen molar-refractivity contribution in [1.82, 2.24) is 0 Å². The normalized spacial score (nSPS) is 10.4. The van der Waals surface area contributed by atoms with Crippen LogP contribution in [0.5, 0.6) is 0 Å². The Bertz CT molecular complexity index is 474. The highest BCUT2D eigenvalue weighted by Gasteiger charge is 2.04. The minimum Gasteiger partial charge on any atom is -0.398 e. The smallest absolute Gasteiger partial charge is 0.0458 e. The molecule has 0 fully saturated rings. The molecule has 0 aliphatic rings. The standard InChI is InChI=1S/C13H12BrNS/c1-9-3-2-4-12(15)13(9)16-11-7-5-10(14)6-8-11/h2-8H,15H2,1H3. The van der Waals surface area contributed by atoms with E-state index in [4.69, 9.17) is 5.73 Å². The Morgan fingerprint density at radius 3 is 2.38 bits per heavy atom. The van der Waals surface area contributed by atoms with Crippen molar-refractivity contribution in [2.24, 2.45) is 0 Å². The number of nitrogen functional groups attached to an aromatic ring is 1. The molecule has 0 aromatic heterocycles. The van der Waals surface area contributed by atoms with Gasteiger partial charge in [0.05, 0.1) is 0 Å². The van der Waals surface area contributed by atoms with E-state index in [0.717, 1.165) is 15.1 Å². The van der Waals surface area contributed by atoms with E-state index in [-0.39, 0.29) is 0 Å². The number of benzene rings is 2. The zero-order chi connectivity index (χ0) is 11.5. The molecule has 2 rings (SSSR count). The van der Waals surface area contributed by atoms with Crippen molar-refractivity contribution in [3.05, 3.63) is 52.5 Å². The molecule has 2 aromatic carbocycles. The Hall–Kier alpha value is -0.930. The summed E-state index contributed by atoms with van der Waals surface area (Å²) < 4.78 is 1.09. The summed E-state index contributed by atoms with van der Waals surface area (Å²) in [5.41, 5.74) is 8.03. The lowest BCUT2D eigenvalue weighted by molar-refractivity contribution is 1.30. The fraction of sp³-hybridized carbons (Fsp3) is 0.0769. The maximum absolute atomic E-state index is 5.97. The first kappa shape index (κ1) is 11.6. The second kappa shape index (κ2) is 4.93. The van der Waals surface area contributed by atoms with E-state index in [9.17, 15) is 0 Å². The van der Waals surface area contributed by atoms with Gasteiger partial charge in [0.1, 0.15) is 0 Å². The minimum atomic E-state index is 0.841. The van der Waals surface area contributed by atoms with Crippen LogP contribution in [0.25, 0.3) is 0 Å². The maximum atomic E-state index is 5.97. The maximum Gasteiger partial charge on any atom is 0.0458 e. The fourth-order valence-electron chi connectivity index (χ4n) is 1.44. The highest BCUT2D eigenvalue weighted by Crippen LogP contribution is 2.34. The summed E-state index contributed by atoms with van der Waals surface area (Å²) in [5.74, 6) is 0. The van der Waals surface area contributed by atoms with Crippen molar-refractivity contribution in [3.8, 4) is 0 Å². The predicted octanol–water partition coefficient (Wildman–Crippen LogP) is 4.49. The zero-order valence-electron chi connectivity index (χ0n) is 8.91. The highest BCUT2D eigenvalue weighted by atomic mass is 79.9. The van der Waals surface area contributed by atoms with E-state index in [0.29, 0.717) is 0 Å². The second-order valence-corrected chi connectivity index (χ2v) is 5.55. The average molecular weight is 294 g/mol. The van der Waals surface area contributed by atoms with Crippen LogP contribution in [0.4, 0.5) is 5.69 Å². The number of hydrogen-bond donors (Lipinski definition) is 1. The van der Waals surface area contributed by atoms with Gasteiger partial charge in [0.25, 0.3) is 0 Å². The van der Waals surface area contributed by atoms with Crippen LogP contribution in [-0.2, 0) is 0 Å². The Morgan fingerprint density at radius 1 is 1.06 bits per heavy atom. The van der Waals surface area contributed by atoms with Crippen LogP contribution in [-0.4, -0.2) is 0 Å². The number of aryl methyl sites for hydroxylation is 1. The van der Waals surface area contributed by atoms with Gasteiger partial charge in [0.15, 0.2) is 0 Å². The Balaban J connectivity index is 2.30. The van der Waals surface area contributed by atoms with E-state index >= 15 is 0 Å². The molecule has 0 atom stereocenters. The summed E-state index contributed by atoms with van der Waals surface area (Å²) in [4.78, 5) is 2.34. The third kappa shape index (κ3) is 2.60. The third-order valence-corrected chi connectivity index (χ3v) is 4.07. The first-order chi connectivity index (χ1) is 7.66. The lowest BCUT2D eigenvalue weighted by Gasteiger charge is -2.08. The lowest BCUT2D eigenvalue weighted by atomic mass is 10.2. The summed E-state index contributed by atoms with van der Waals surface area (Å²) in [5, 5.41) is 0. The number of anilines is 1. The van der Waals surface area contributed by atoms with Crippen LogP contribution in [0.3, 0.4) is 0 Å². The van der Waals surface area contributed by atoms with Crippen molar-refractivity contribution < 1.29 is 0 Å². The van der Waals surface area contributed by atoms with Crippen LogP contribution in [0.15, 0.2) is 56.7 Å². The van der Waals surface area contributed by atoms with Gasteiger partial charge in [-0.1, -0.05) is 39.8 Å². The van der Waals surface area contributed by atoms with Crippen LogP contribution in [0.1, 0.15) is 5.56 Å². The van der Waals surface area contributed by atoms with Crippen molar-refractivity contribution in [2.45, 2.75) is 16.7 Å². The molecule has 0 aliphatic heterocycles. The third-order valence-electron chi connectivity index (χ3n) is 2.28. The van der Waals surface area contributed by atoms with Crippen molar-refractivity contribution in [3.63, 3.8) is 0 Å². The highest BCUT2D eigenvalue weighted by molar-refractivity contribution is 9.10. The molecule has 2 aromatic rings. The first-order valence-electron chi connectivity index (χ1n) is 4.95. The molecule has 82 valence electrons. The molecule has 2 N–H and O–H groups in total. The monoisotopic (exact) mass is 293 g/mol. The predicted molar refractivity (Wildman–Crippen MR) is 73.9 cm³/mol. The van der Waals surface area contributed by atoms with Gasteiger partial charge in [-0.25, -0.2) is 0 Å². The van der Waals surface area contributed by atoms with Crippen LogP contribution >= 0.6 is 27.7 Å². The molecule has 16 heavy (non-hydrogen) atoms. The molecule has 1 nitrogen and oxygen atoms in total. The van der Waals surface area contributed by atoms with Gasteiger partial charge in [-0.3, -0.25) is 0 Å². The summed E-state index contributed by atoms with van der Waals surface area (Å²) >= 11 is 5.13. The largest absolute Gasteiger partial charge is 0.398 e. The average Bonchev–Trinajstić information content (AvgIpc) is 2.26. The Labute approximate surface area is 108 Å². The number of nitrogens with two attached hydrogens (primary N) is 1. The lowest BCUT2D eigenvalue weighted by Crippen LogP contribution is -1.90. The van der Waals surface area contributed by atoms with Gasteiger partial charge in [0.2, 0.25) is 0 Å². The molecule has 3 heteroatoms. The van der Waals surface area contributed by atoms with Gasteiger partial charge >= 0.3 is 0 Å². The van der Waals surface area contributed by atoms with Crippen LogP contribution in [0.2, 0.25) is 0 Å². The fourth-order valence-corrected chi connectivity index (χ4v) is 2.62. The van der Waals surface area contributed by atoms with Gasteiger partial charge in [-0.15, -0.1) is 0 Å². The summed E-state index contributed by atoms with van der Waals surface area (Å²) in [7, 11) is 0. The zero-order valence-corrected chi connectivity index (χ0v) is 11.3. The molecule has 0 heterocycles. The van der Waals surface area contributed by atoms with Crippen LogP contribution in [0, 0.1) is 6.92 Å². The van der Waals surface area contributed by atoms with Gasteiger partial charge in [-0.2, -0.15) is 0 Å². The number of halogens is 1. The molecule has 0 saturated heterocycles. The minimum absolute atomic E-state index is 0.841. The Morgan fingerprint density at radius 2 is 1.75 bits per heavy atom. The van der Waals surface area contributed by atoms with Gasteiger partial charge < -0.3 is 5.73 Å². The molecule has 0 bridgehead atoms. The van der Waals surface area contributed by atoms with Crippen LogP contribution < -0.4 is 5.73 Å². The van der Waals surface area contributed by atoms with E-state index in [2.05, 4.69) is 41.1 Å². The number of rotatable bonds is 2. The molecule has 0 spiro atoms. The molecular formula is C13H12BrNS. The molecule has 0 radical (unpaired) electrons. The second-order valence-electron chi connectivity index (χ2n) is 3.55. The van der Waals surface area contributed by atoms with E-state index in [1.165, 1.54) is 10.5 Å². The topological polar surface area (TPSA) is 26.0 Å². The van der Waals surface area contributed by atoms with Gasteiger partial charge in [0, 0.05) is 20.0 Å².